The molecule has 2 aromatic carbocycles. The number of nitrogens with zero attached hydrogens (tertiary/aromatic N) is 2. The molecule has 2 aliphatic heterocycles. The van der Waals surface area contributed by atoms with Crippen molar-refractivity contribution in [2.24, 2.45) is 0 Å². The van der Waals surface area contributed by atoms with E-state index in [-0.39, 0.29) is 29.9 Å². The number of likely N-dealkylation sites (N-methyl/N-ethyl adjacent to an activating group) is 1. The number of methoxy groups -OCH3 is 1. The van der Waals surface area contributed by atoms with Gasteiger partial charge in [-0.05, 0) is 43.1 Å². The number of rotatable bonds is 8. The summed E-state index contributed by atoms with van der Waals surface area (Å²) in [6, 6.07) is 18.2. The number of carbonyl (C=O) groups is 2. The molecule has 33 heavy (non-hydrogen) atoms. The maximum absolute atomic E-state index is 13.0. The summed E-state index contributed by atoms with van der Waals surface area (Å²) in [5.74, 6) is 0.936. The van der Waals surface area contributed by atoms with Crippen LogP contribution in [0, 0.1) is 0 Å². The number of benzene rings is 2. The third kappa shape index (κ3) is 5.72. The van der Waals surface area contributed by atoms with Gasteiger partial charge in [-0.25, -0.2) is 0 Å². The molecule has 2 N–H and O–H groups in total. The van der Waals surface area contributed by atoms with Crippen molar-refractivity contribution in [1.82, 2.24) is 20.4 Å². The Balaban J connectivity index is 1.29. The zero-order valence-electron chi connectivity index (χ0n) is 19.5. The second-order valence-electron chi connectivity index (χ2n) is 8.98. The highest BCUT2D eigenvalue weighted by Crippen LogP contribution is 2.28. The van der Waals surface area contributed by atoms with Crippen molar-refractivity contribution >= 4 is 11.8 Å². The van der Waals surface area contributed by atoms with Crippen LogP contribution in [0.25, 0.3) is 0 Å². The minimum Gasteiger partial charge on any atom is -0.497 e. The molecule has 2 aromatic rings. The number of ether oxygens (including phenoxy) is 1. The first-order chi connectivity index (χ1) is 16.0. The molecule has 3 atom stereocenters. The van der Waals surface area contributed by atoms with Gasteiger partial charge in [-0.15, -0.1) is 0 Å². The summed E-state index contributed by atoms with van der Waals surface area (Å²) in [5, 5.41) is 6.14. The number of hydrogen-bond donors (Lipinski definition) is 2. The van der Waals surface area contributed by atoms with Crippen LogP contribution in [0.15, 0.2) is 54.6 Å². The van der Waals surface area contributed by atoms with Crippen LogP contribution in [-0.4, -0.2) is 67.0 Å². The monoisotopic (exact) mass is 450 g/mol. The standard InChI is InChI=1S/C26H34N4O3/c1-29-21(10-13-24(31)27-16-19-8-11-22(33-2)12-9-19)17-28-26(32)25-23(29)14-15-30(25)18-20-6-4-3-5-7-20/h3-9,11-12,21,23,25H,10,13-18H2,1-2H3,(H,27,31)(H,28,32)/t21-,23-,25-/m0/s1. The highest BCUT2D eigenvalue weighted by atomic mass is 16.5. The Bertz CT molecular complexity index is 934. The van der Waals surface area contributed by atoms with Crippen molar-refractivity contribution in [3.05, 3.63) is 65.7 Å². The van der Waals surface area contributed by atoms with Crippen molar-refractivity contribution in [2.75, 3.05) is 27.2 Å². The largest absolute Gasteiger partial charge is 0.497 e. The van der Waals surface area contributed by atoms with Crippen molar-refractivity contribution < 1.29 is 14.3 Å². The second-order valence-corrected chi connectivity index (χ2v) is 8.98. The van der Waals surface area contributed by atoms with Crippen LogP contribution in [0.4, 0.5) is 0 Å². The van der Waals surface area contributed by atoms with E-state index in [0.29, 0.717) is 25.9 Å². The van der Waals surface area contributed by atoms with Crippen LogP contribution in [0.5, 0.6) is 5.75 Å². The molecule has 0 saturated carbocycles. The molecular formula is C26H34N4O3. The Morgan fingerprint density at radius 1 is 1.12 bits per heavy atom. The molecule has 0 bridgehead atoms. The number of amides is 2. The Morgan fingerprint density at radius 2 is 1.88 bits per heavy atom. The lowest BCUT2D eigenvalue weighted by molar-refractivity contribution is -0.126. The molecule has 0 radical (unpaired) electrons. The molecule has 0 spiro atoms. The van der Waals surface area contributed by atoms with Crippen LogP contribution in [0.3, 0.4) is 0 Å². The Labute approximate surface area is 196 Å². The van der Waals surface area contributed by atoms with E-state index in [0.717, 1.165) is 30.8 Å². The minimum atomic E-state index is -0.149. The quantitative estimate of drug-likeness (QED) is 0.645. The van der Waals surface area contributed by atoms with E-state index < -0.39 is 0 Å². The van der Waals surface area contributed by atoms with Gasteiger partial charge in [0.15, 0.2) is 0 Å². The zero-order valence-corrected chi connectivity index (χ0v) is 19.5. The van der Waals surface area contributed by atoms with Gasteiger partial charge in [0.25, 0.3) is 0 Å². The third-order valence-corrected chi connectivity index (χ3v) is 6.93. The normalized spacial score (nSPS) is 23.5. The fourth-order valence-corrected chi connectivity index (χ4v) is 4.97. The molecule has 2 aliphatic rings. The van der Waals surface area contributed by atoms with Gasteiger partial charge in [0.05, 0.1) is 7.11 Å². The Hall–Kier alpha value is -2.90. The molecule has 2 heterocycles. The predicted molar refractivity (Wildman–Crippen MR) is 128 cm³/mol. The number of fused-ring (bicyclic) bond motifs is 1. The summed E-state index contributed by atoms with van der Waals surface area (Å²) in [6.07, 6.45) is 2.11. The number of nitrogens with one attached hydrogen (secondary N) is 2. The molecule has 2 amide bonds. The van der Waals surface area contributed by atoms with E-state index >= 15 is 0 Å². The van der Waals surface area contributed by atoms with Gasteiger partial charge in [-0.1, -0.05) is 42.5 Å². The highest BCUT2D eigenvalue weighted by molar-refractivity contribution is 5.83. The fraction of sp³-hybridized carbons (Fsp3) is 0.462. The summed E-state index contributed by atoms with van der Waals surface area (Å²) >= 11 is 0. The van der Waals surface area contributed by atoms with E-state index in [4.69, 9.17) is 4.74 Å². The summed E-state index contributed by atoms with van der Waals surface area (Å²) in [5.41, 5.74) is 2.26. The van der Waals surface area contributed by atoms with Crippen LogP contribution < -0.4 is 15.4 Å². The fourth-order valence-electron chi connectivity index (χ4n) is 4.97. The zero-order chi connectivity index (χ0) is 23.2. The van der Waals surface area contributed by atoms with Crippen molar-refractivity contribution in [3.8, 4) is 5.75 Å². The molecule has 7 heteroatoms. The van der Waals surface area contributed by atoms with Gasteiger partial charge < -0.3 is 15.4 Å². The molecule has 2 saturated heterocycles. The Morgan fingerprint density at radius 3 is 2.61 bits per heavy atom. The topological polar surface area (TPSA) is 73.9 Å². The van der Waals surface area contributed by atoms with Gasteiger partial charge in [0, 0.05) is 44.7 Å². The molecule has 7 nitrogen and oxygen atoms in total. The maximum Gasteiger partial charge on any atom is 0.239 e. The molecular weight excluding hydrogens is 416 g/mol. The van der Waals surface area contributed by atoms with Crippen LogP contribution >= 0.6 is 0 Å². The van der Waals surface area contributed by atoms with E-state index in [1.54, 1.807) is 7.11 Å². The van der Waals surface area contributed by atoms with Gasteiger partial charge >= 0.3 is 0 Å². The molecule has 176 valence electrons. The van der Waals surface area contributed by atoms with Gasteiger partial charge in [0.1, 0.15) is 11.8 Å². The lowest BCUT2D eigenvalue weighted by atomic mass is 10.0. The highest BCUT2D eigenvalue weighted by Gasteiger charge is 2.44. The number of carbonyl (C=O) groups excluding carboxylic acids is 2. The third-order valence-electron chi connectivity index (χ3n) is 6.93. The number of likely N-dealkylation sites (tertiary alicyclic amines) is 1. The summed E-state index contributed by atoms with van der Waals surface area (Å²) in [7, 11) is 3.74. The van der Waals surface area contributed by atoms with E-state index in [2.05, 4.69) is 39.6 Å². The second kappa shape index (κ2) is 10.8. The number of hydrogen-bond acceptors (Lipinski definition) is 5. The van der Waals surface area contributed by atoms with Crippen molar-refractivity contribution in [3.63, 3.8) is 0 Å². The van der Waals surface area contributed by atoms with Crippen LogP contribution in [-0.2, 0) is 22.7 Å². The summed E-state index contributed by atoms with van der Waals surface area (Å²) < 4.78 is 5.17. The average molecular weight is 451 g/mol. The molecule has 2 fully saturated rings. The first-order valence-electron chi connectivity index (χ1n) is 11.7. The predicted octanol–water partition coefficient (Wildman–Crippen LogP) is 2.16. The summed E-state index contributed by atoms with van der Waals surface area (Å²) in [4.78, 5) is 30.0. The molecule has 4 rings (SSSR count). The first kappa shape index (κ1) is 23.3. The minimum absolute atomic E-state index is 0.0310. The average Bonchev–Trinajstić information content (AvgIpc) is 3.21. The van der Waals surface area contributed by atoms with Gasteiger partial charge in [0.2, 0.25) is 11.8 Å². The van der Waals surface area contributed by atoms with Crippen molar-refractivity contribution in [2.45, 2.75) is 50.5 Å². The van der Waals surface area contributed by atoms with E-state index in [1.807, 2.05) is 42.5 Å². The van der Waals surface area contributed by atoms with E-state index in [1.165, 1.54) is 5.56 Å². The molecule has 0 unspecified atom stereocenters. The lowest BCUT2D eigenvalue weighted by Crippen LogP contribution is -2.49. The van der Waals surface area contributed by atoms with Gasteiger partial charge in [-0.3, -0.25) is 19.4 Å². The maximum atomic E-state index is 13.0. The summed E-state index contributed by atoms with van der Waals surface area (Å²) in [6.45, 7) is 2.76. The molecule has 0 aromatic heterocycles. The van der Waals surface area contributed by atoms with Crippen molar-refractivity contribution in [1.29, 1.82) is 0 Å². The Kier molecular flexibility index (Phi) is 7.62. The molecule has 0 aliphatic carbocycles. The lowest BCUT2D eigenvalue weighted by Gasteiger charge is -2.33. The van der Waals surface area contributed by atoms with Crippen LogP contribution in [0.1, 0.15) is 30.4 Å². The first-order valence-corrected chi connectivity index (χ1v) is 11.7. The SMILES string of the molecule is COc1ccc(CNC(=O)CC[C@H]2CNC(=O)[C@@H]3[C@H](CCN3Cc3ccccc3)N2C)cc1. The van der Waals surface area contributed by atoms with Crippen LogP contribution in [0.2, 0.25) is 0 Å². The van der Waals surface area contributed by atoms with Gasteiger partial charge in [-0.2, -0.15) is 0 Å². The van der Waals surface area contributed by atoms with E-state index in [9.17, 15) is 9.59 Å². The smallest absolute Gasteiger partial charge is 0.239 e.